The summed E-state index contributed by atoms with van der Waals surface area (Å²) in [4.78, 5) is 27.5. The minimum Gasteiger partial charge on any atom is -0.350 e. The van der Waals surface area contributed by atoms with Crippen molar-refractivity contribution in [1.82, 2.24) is 15.1 Å². The van der Waals surface area contributed by atoms with Gasteiger partial charge < -0.3 is 15.1 Å². The molecule has 5 heteroatoms. The Morgan fingerprint density at radius 2 is 1.86 bits per heavy atom. The number of amides is 2. The Labute approximate surface area is 133 Å². The molecule has 0 spiro atoms. The van der Waals surface area contributed by atoms with Gasteiger partial charge in [0.05, 0.1) is 0 Å². The van der Waals surface area contributed by atoms with Crippen molar-refractivity contribution in [1.29, 1.82) is 0 Å². The highest BCUT2D eigenvalue weighted by atomic mass is 16.2. The molecule has 0 aliphatic heterocycles. The predicted molar refractivity (Wildman–Crippen MR) is 88.9 cm³/mol. The van der Waals surface area contributed by atoms with Crippen molar-refractivity contribution in [2.24, 2.45) is 0 Å². The van der Waals surface area contributed by atoms with Crippen molar-refractivity contribution < 1.29 is 9.59 Å². The highest BCUT2D eigenvalue weighted by molar-refractivity contribution is 5.94. The first-order valence-corrected chi connectivity index (χ1v) is 7.65. The van der Waals surface area contributed by atoms with Crippen LogP contribution in [0, 0.1) is 6.92 Å². The lowest BCUT2D eigenvalue weighted by molar-refractivity contribution is -0.128. The molecule has 1 rings (SSSR count). The van der Waals surface area contributed by atoms with E-state index in [9.17, 15) is 9.59 Å². The van der Waals surface area contributed by atoms with E-state index in [-0.39, 0.29) is 11.8 Å². The van der Waals surface area contributed by atoms with E-state index in [1.165, 1.54) is 0 Å². The Morgan fingerprint density at radius 3 is 2.45 bits per heavy atom. The minimum atomic E-state index is -0.0968. The second kappa shape index (κ2) is 9.20. The molecule has 0 aliphatic rings. The predicted octanol–water partition coefficient (Wildman–Crippen LogP) is 1.53. The van der Waals surface area contributed by atoms with Crippen LogP contribution in [0.1, 0.15) is 29.3 Å². The van der Waals surface area contributed by atoms with E-state index in [0.29, 0.717) is 25.2 Å². The number of rotatable bonds is 8. The Hall–Kier alpha value is -1.88. The molecule has 1 aromatic rings. The molecule has 5 nitrogen and oxygen atoms in total. The molecule has 0 saturated heterocycles. The molecule has 0 heterocycles. The molecule has 2 amide bonds. The second-order valence-corrected chi connectivity index (χ2v) is 5.79. The van der Waals surface area contributed by atoms with E-state index < -0.39 is 0 Å². The van der Waals surface area contributed by atoms with Gasteiger partial charge in [0.25, 0.3) is 5.91 Å². The molecule has 22 heavy (non-hydrogen) atoms. The molecule has 0 bridgehead atoms. The van der Waals surface area contributed by atoms with Gasteiger partial charge in [-0.3, -0.25) is 9.59 Å². The highest BCUT2D eigenvalue weighted by Gasteiger charge is 2.10. The summed E-state index contributed by atoms with van der Waals surface area (Å²) in [6.07, 6.45) is 0.929. The average molecular weight is 305 g/mol. The summed E-state index contributed by atoms with van der Waals surface area (Å²) < 4.78 is 0. The fourth-order valence-electron chi connectivity index (χ4n) is 2.20. The topological polar surface area (TPSA) is 52.7 Å². The van der Waals surface area contributed by atoms with E-state index in [4.69, 9.17) is 0 Å². The number of nitrogens with zero attached hydrogens (tertiary/aromatic N) is 2. The van der Waals surface area contributed by atoms with Gasteiger partial charge in [-0.2, -0.15) is 0 Å². The third kappa shape index (κ3) is 6.72. The maximum atomic E-state index is 12.0. The van der Waals surface area contributed by atoms with Crippen molar-refractivity contribution in [2.45, 2.75) is 20.3 Å². The monoisotopic (exact) mass is 305 g/mol. The summed E-state index contributed by atoms with van der Waals surface area (Å²) in [5.74, 6) is -0.0518. The number of carbonyl (C=O) groups is 2. The van der Waals surface area contributed by atoms with Gasteiger partial charge in [-0.1, -0.05) is 17.7 Å². The largest absolute Gasteiger partial charge is 0.350 e. The number of nitrogens with one attached hydrogen (secondary N) is 1. The van der Waals surface area contributed by atoms with E-state index in [2.05, 4.69) is 10.2 Å². The zero-order chi connectivity index (χ0) is 16.5. The zero-order valence-corrected chi connectivity index (χ0v) is 14.1. The first-order chi connectivity index (χ1) is 10.4. The van der Waals surface area contributed by atoms with Crippen LogP contribution in [0.5, 0.6) is 0 Å². The molecular formula is C17H27N3O2. The molecule has 0 aliphatic carbocycles. The molecule has 1 aromatic carbocycles. The number of benzene rings is 1. The Morgan fingerprint density at radius 1 is 1.14 bits per heavy atom. The number of hydrogen-bond donors (Lipinski definition) is 1. The van der Waals surface area contributed by atoms with Gasteiger partial charge in [-0.25, -0.2) is 0 Å². The fraction of sp³-hybridized carbons (Fsp3) is 0.529. The SMILES string of the molecule is CC(=O)N(CCCN(C)C)CCNC(=O)c1cccc(C)c1. The summed E-state index contributed by atoms with van der Waals surface area (Å²) >= 11 is 0. The van der Waals surface area contributed by atoms with Gasteiger partial charge in [-0.15, -0.1) is 0 Å². The summed E-state index contributed by atoms with van der Waals surface area (Å²) in [5.41, 5.74) is 1.71. The van der Waals surface area contributed by atoms with E-state index in [1.807, 2.05) is 39.2 Å². The van der Waals surface area contributed by atoms with Crippen LogP contribution < -0.4 is 5.32 Å². The van der Waals surface area contributed by atoms with Crippen molar-refractivity contribution in [2.75, 3.05) is 40.3 Å². The average Bonchev–Trinajstić information content (AvgIpc) is 2.44. The molecule has 0 aromatic heterocycles. The number of hydrogen-bond acceptors (Lipinski definition) is 3. The van der Waals surface area contributed by atoms with Crippen LogP contribution >= 0.6 is 0 Å². The summed E-state index contributed by atoms with van der Waals surface area (Å²) in [6.45, 7) is 6.19. The summed E-state index contributed by atoms with van der Waals surface area (Å²) in [5, 5.41) is 2.87. The normalized spacial score (nSPS) is 10.6. The lowest BCUT2D eigenvalue weighted by atomic mass is 10.1. The quantitative estimate of drug-likeness (QED) is 0.792. The molecule has 0 atom stereocenters. The number of carbonyl (C=O) groups excluding carboxylic acids is 2. The van der Waals surface area contributed by atoms with E-state index in [1.54, 1.807) is 17.9 Å². The van der Waals surface area contributed by atoms with Crippen LogP contribution in [0.3, 0.4) is 0 Å². The maximum Gasteiger partial charge on any atom is 0.251 e. The van der Waals surface area contributed by atoms with Gasteiger partial charge in [0.1, 0.15) is 0 Å². The van der Waals surface area contributed by atoms with Crippen LogP contribution in [0.15, 0.2) is 24.3 Å². The van der Waals surface area contributed by atoms with Gasteiger partial charge in [-0.05, 0) is 46.1 Å². The minimum absolute atomic E-state index is 0.0450. The Balaban J connectivity index is 2.39. The molecule has 122 valence electrons. The van der Waals surface area contributed by atoms with Gasteiger partial charge in [0.15, 0.2) is 0 Å². The van der Waals surface area contributed by atoms with Crippen LogP contribution in [0.2, 0.25) is 0 Å². The highest BCUT2D eigenvalue weighted by Crippen LogP contribution is 2.03. The summed E-state index contributed by atoms with van der Waals surface area (Å²) in [7, 11) is 4.03. The first-order valence-electron chi connectivity index (χ1n) is 7.65. The fourth-order valence-corrected chi connectivity index (χ4v) is 2.20. The maximum absolute atomic E-state index is 12.0. The third-order valence-electron chi connectivity index (χ3n) is 3.43. The molecule has 0 fully saturated rings. The van der Waals surface area contributed by atoms with Crippen molar-refractivity contribution in [3.8, 4) is 0 Å². The first kappa shape index (κ1) is 18.2. The number of aryl methyl sites for hydroxylation is 1. The smallest absolute Gasteiger partial charge is 0.251 e. The zero-order valence-electron chi connectivity index (χ0n) is 14.1. The molecule has 0 saturated carbocycles. The standard InChI is InChI=1S/C17H27N3O2/c1-14-7-5-8-16(13-14)17(22)18-9-12-20(15(2)21)11-6-10-19(3)4/h5,7-8,13H,6,9-12H2,1-4H3,(H,18,22). The Kier molecular flexibility index (Phi) is 7.60. The third-order valence-corrected chi connectivity index (χ3v) is 3.43. The van der Waals surface area contributed by atoms with Crippen LogP contribution in [-0.4, -0.2) is 61.9 Å². The van der Waals surface area contributed by atoms with Gasteiger partial charge in [0, 0.05) is 32.1 Å². The van der Waals surface area contributed by atoms with Crippen LogP contribution in [-0.2, 0) is 4.79 Å². The Bertz CT molecular complexity index is 500. The van der Waals surface area contributed by atoms with Gasteiger partial charge in [0.2, 0.25) is 5.91 Å². The van der Waals surface area contributed by atoms with Gasteiger partial charge >= 0.3 is 0 Å². The van der Waals surface area contributed by atoms with Crippen molar-refractivity contribution >= 4 is 11.8 Å². The van der Waals surface area contributed by atoms with Crippen LogP contribution in [0.25, 0.3) is 0 Å². The van der Waals surface area contributed by atoms with E-state index in [0.717, 1.165) is 18.5 Å². The molecule has 0 unspecified atom stereocenters. The van der Waals surface area contributed by atoms with E-state index >= 15 is 0 Å². The lowest BCUT2D eigenvalue weighted by Crippen LogP contribution is -2.38. The summed E-state index contributed by atoms with van der Waals surface area (Å²) in [6, 6.07) is 7.48. The lowest BCUT2D eigenvalue weighted by Gasteiger charge is -2.22. The molecule has 0 radical (unpaired) electrons. The van der Waals surface area contributed by atoms with Crippen molar-refractivity contribution in [3.05, 3.63) is 35.4 Å². The van der Waals surface area contributed by atoms with Crippen molar-refractivity contribution in [3.63, 3.8) is 0 Å². The molecular weight excluding hydrogens is 278 g/mol. The second-order valence-electron chi connectivity index (χ2n) is 5.79. The van der Waals surface area contributed by atoms with Crippen LogP contribution in [0.4, 0.5) is 0 Å². The molecule has 1 N–H and O–H groups in total.